The van der Waals surface area contributed by atoms with Crippen molar-refractivity contribution in [2.75, 3.05) is 6.54 Å². The highest BCUT2D eigenvalue weighted by Crippen LogP contribution is 2.27. The molecule has 0 heterocycles. The Morgan fingerprint density at radius 2 is 1.71 bits per heavy atom. The number of aromatic hydroxyl groups is 2. The van der Waals surface area contributed by atoms with Gasteiger partial charge in [-0.2, -0.15) is 0 Å². The summed E-state index contributed by atoms with van der Waals surface area (Å²) in [7, 11) is 0. The van der Waals surface area contributed by atoms with Crippen LogP contribution in [0.2, 0.25) is 0 Å². The van der Waals surface area contributed by atoms with Gasteiger partial charge >= 0.3 is 0 Å². The Bertz CT molecular complexity index is 283. The van der Waals surface area contributed by atoms with Gasteiger partial charge < -0.3 is 21.1 Å². The average molecular weight is 242 g/mol. The molecule has 0 fully saturated rings. The molecule has 4 nitrogen and oxygen atoms in total. The van der Waals surface area contributed by atoms with Crippen LogP contribution in [-0.4, -0.2) is 21.9 Å². The van der Waals surface area contributed by atoms with E-state index in [1.54, 1.807) is 0 Å². The predicted molar refractivity (Wildman–Crippen MR) is 58.3 cm³/mol. The Kier molecular flexibility index (Phi) is 7.58. The Morgan fingerprint density at radius 3 is 2.14 bits per heavy atom. The lowest BCUT2D eigenvalue weighted by Crippen LogP contribution is -2.11. The summed E-state index contributed by atoms with van der Waals surface area (Å²) in [4.78, 5) is 0. The monoisotopic (exact) mass is 241 g/mol. The van der Waals surface area contributed by atoms with E-state index >= 15 is 0 Å². The highest BCUT2D eigenvalue weighted by molar-refractivity contribution is 5.85. The smallest absolute Gasteiger partial charge is 0.157 e. The summed E-state index contributed by atoms with van der Waals surface area (Å²) in [6.07, 6.45) is -0.795. The van der Waals surface area contributed by atoms with Crippen LogP contribution in [0.3, 0.4) is 0 Å². The number of phenols is 2. The van der Waals surface area contributed by atoms with Gasteiger partial charge in [0.15, 0.2) is 11.5 Å². The Balaban J connectivity index is 0. The summed E-state index contributed by atoms with van der Waals surface area (Å²) < 4.78 is 0. The first-order valence-corrected chi connectivity index (χ1v) is 3.55. The molecule has 0 aliphatic heterocycles. The number of aliphatic hydroxyl groups is 1. The largest absolute Gasteiger partial charge is 0.504 e. The molecule has 1 rings (SSSR count). The van der Waals surface area contributed by atoms with Gasteiger partial charge in [-0.25, -0.2) is 0 Å². The minimum Gasteiger partial charge on any atom is -0.504 e. The fourth-order valence-electron chi connectivity index (χ4n) is 0.884. The number of hydrogen-bond acceptors (Lipinski definition) is 4. The summed E-state index contributed by atoms with van der Waals surface area (Å²) in [5, 5.41) is 27.2. The Hall–Kier alpha value is -0.680. The van der Waals surface area contributed by atoms with Crippen molar-refractivity contribution in [3.63, 3.8) is 0 Å². The van der Waals surface area contributed by atoms with Crippen molar-refractivity contribution in [1.82, 2.24) is 0 Å². The Labute approximate surface area is 94.2 Å². The van der Waals surface area contributed by atoms with Crippen molar-refractivity contribution in [2.24, 2.45) is 5.73 Å². The minimum absolute atomic E-state index is 0. The van der Waals surface area contributed by atoms with E-state index in [1.807, 2.05) is 0 Å². The molecule has 1 aromatic carbocycles. The van der Waals surface area contributed by atoms with Crippen molar-refractivity contribution in [1.29, 1.82) is 0 Å². The molecule has 0 radical (unpaired) electrons. The maximum Gasteiger partial charge on any atom is 0.157 e. The number of phenolic OH excluding ortho intramolecular Hbond substituents is 2. The molecular weight excluding hydrogens is 229 g/mol. The summed E-state index contributed by atoms with van der Waals surface area (Å²) in [6, 6.07) is 4.10. The van der Waals surface area contributed by atoms with Crippen LogP contribution in [0.1, 0.15) is 11.7 Å². The van der Waals surface area contributed by atoms with Crippen molar-refractivity contribution in [3.8, 4) is 11.5 Å². The van der Waals surface area contributed by atoms with Gasteiger partial charge in [-0.1, -0.05) is 6.07 Å². The topological polar surface area (TPSA) is 86.7 Å². The summed E-state index contributed by atoms with van der Waals surface area (Å²) in [5.41, 5.74) is 5.69. The molecule has 1 aromatic rings. The molecule has 1 unspecified atom stereocenters. The van der Waals surface area contributed by atoms with Crippen LogP contribution in [0.15, 0.2) is 18.2 Å². The van der Waals surface area contributed by atoms with Gasteiger partial charge in [0.05, 0.1) is 6.10 Å². The first-order valence-electron chi connectivity index (χ1n) is 3.55. The lowest BCUT2D eigenvalue weighted by Gasteiger charge is -2.08. The number of aliphatic hydroxyl groups excluding tert-OH is 1. The van der Waals surface area contributed by atoms with Crippen LogP contribution >= 0.6 is 24.8 Å². The van der Waals surface area contributed by atoms with Crippen molar-refractivity contribution >= 4 is 24.8 Å². The second-order valence-corrected chi connectivity index (χ2v) is 2.50. The fraction of sp³-hybridized carbons (Fsp3) is 0.250. The lowest BCUT2D eigenvalue weighted by molar-refractivity contribution is 0.186. The van der Waals surface area contributed by atoms with E-state index in [4.69, 9.17) is 15.9 Å². The second-order valence-electron chi connectivity index (χ2n) is 2.50. The van der Waals surface area contributed by atoms with E-state index in [0.717, 1.165) is 0 Å². The van der Waals surface area contributed by atoms with E-state index in [9.17, 15) is 5.11 Å². The van der Waals surface area contributed by atoms with Crippen LogP contribution in [0.25, 0.3) is 0 Å². The van der Waals surface area contributed by atoms with Gasteiger partial charge in [0.2, 0.25) is 0 Å². The molecule has 0 aliphatic rings. The Morgan fingerprint density at radius 1 is 1.14 bits per heavy atom. The summed E-state index contributed by atoms with van der Waals surface area (Å²) >= 11 is 0. The van der Waals surface area contributed by atoms with Gasteiger partial charge in [-0.15, -0.1) is 24.8 Å². The maximum absolute atomic E-state index is 9.23. The highest BCUT2D eigenvalue weighted by Gasteiger charge is 2.07. The molecule has 0 aliphatic carbocycles. The fourth-order valence-corrected chi connectivity index (χ4v) is 0.884. The lowest BCUT2D eigenvalue weighted by atomic mass is 10.1. The predicted octanol–water partition coefficient (Wildman–Crippen LogP) is 0.933. The van der Waals surface area contributed by atoms with Gasteiger partial charge in [0.25, 0.3) is 0 Å². The van der Waals surface area contributed by atoms with E-state index in [-0.39, 0.29) is 42.9 Å². The molecule has 0 spiro atoms. The van der Waals surface area contributed by atoms with Crippen molar-refractivity contribution < 1.29 is 15.3 Å². The van der Waals surface area contributed by atoms with Crippen LogP contribution < -0.4 is 5.73 Å². The molecule has 0 amide bonds. The van der Waals surface area contributed by atoms with E-state index in [1.165, 1.54) is 18.2 Å². The summed E-state index contributed by atoms with van der Waals surface area (Å²) in [5.74, 6) is -0.456. The number of benzene rings is 1. The quantitative estimate of drug-likeness (QED) is 0.581. The molecular formula is C8H13Cl2NO3. The molecule has 0 aromatic heterocycles. The van der Waals surface area contributed by atoms with Crippen LogP contribution in [-0.2, 0) is 0 Å². The molecule has 0 bridgehead atoms. The molecule has 1 atom stereocenters. The third kappa shape index (κ3) is 3.59. The molecule has 5 N–H and O–H groups in total. The zero-order valence-corrected chi connectivity index (χ0v) is 8.88. The van der Waals surface area contributed by atoms with Crippen LogP contribution in [0, 0.1) is 0 Å². The third-order valence-corrected chi connectivity index (χ3v) is 1.61. The zero-order valence-electron chi connectivity index (χ0n) is 7.25. The normalized spacial score (nSPS) is 11.0. The summed E-state index contributed by atoms with van der Waals surface area (Å²) in [6.45, 7) is 0.0875. The minimum atomic E-state index is -0.795. The highest BCUT2D eigenvalue weighted by atomic mass is 35.5. The SMILES string of the molecule is Cl.Cl.NCC(O)c1ccc(O)c(O)c1. The van der Waals surface area contributed by atoms with E-state index in [2.05, 4.69) is 0 Å². The van der Waals surface area contributed by atoms with Gasteiger partial charge in [0, 0.05) is 6.54 Å². The molecule has 6 heteroatoms. The molecule has 82 valence electrons. The van der Waals surface area contributed by atoms with E-state index in [0.29, 0.717) is 5.56 Å². The second kappa shape index (κ2) is 6.73. The zero-order chi connectivity index (χ0) is 9.14. The number of nitrogens with two attached hydrogens (primary N) is 1. The van der Waals surface area contributed by atoms with Crippen LogP contribution in [0.4, 0.5) is 0 Å². The van der Waals surface area contributed by atoms with Crippen LogP contribution in [0.5, 0.6) is 11.5 Å². The van der Waals surface area contributed by atoms with Gasteiger partial charge in [-0.3, -0.25) is 0 Å². The number of halogens is 2. The van der Waals surface area contributed by atoms with Gasteiger partial charge in [-0.05, 0) is 17.7 Å². The number of hydrogen-bond donors (Lipinski definition) is 4. The standard InChI is InChI=1S/C8H11NO3.2ClH/c9-4-8(12)5-1-2-6(10)7(11)3-5;;/h1-3,8,10-12H,4,9H2;2*1H. The maximum atomic E-state index is 9.23. The first kappa shape index (κ1) is 15.8. The molecule has 0 saturated carbocycles. The molecule has 14 heavy (non-hydrogen) atoms. The van der Waals surface area contributed by atoms with E-state index < -0.39 is 6.10 Å². The van der Waals surface area contributed by atoms with Gasteiger partial charge in [0.1, 0.15) is 0 Å². The van der Waals surface area contributed by atoms with Crippen molar-refractivity contribution in [2.45, 2.75) is 6.10 Å². The number of rotatable bonds is 2. The third-order valence-electron chi connectivity index (χ3n) is 1.61. The molecule has 0 saturated heterocycles. The first-order chi connectivity index (χ1) is 5.65. The average Bonchev–Trinajstić information content (AvgIpc) is 2.08. The van der Waals surface area contributed by atoms with Crippen molar-refractivity contribution in [3.05, 3.63) is 23.8 Å².